The number of fused-ring (bicyclic) bond motifs is 1. The molecular formula is C18H22ClN3O2. The lowest BCUT2D eigenvalue weighted by molar-refractivity contribution is -0.133. The number of likely N-dealkylation sites (N-methyl/N-ethyl adjacent to an activating group) is 2. The Balaban J connectivity index is 1.93. The van der Waals surface area contributed by atoms with Crippen LogP contribution in [0.25, 0.3) is 10.9 Å². The number of nitrogens with zero attached hydrogens (tertiary/aromatic N) is 2. The smallest absolute Gasteiger partial charge is 0.272 e. The van der Waals surface area contributed by atoms with Gasteiger partial charge in [0.2, 0.25) is 5.91 Å². The molecule has 0 saturated carbocycles. The summed E-state index contributed by atoms with van der Waals surface area (Å²) in [5.41, 5.74) is 2.25. The molecule has 1 aliphatic heterocycles. The number of H-pyrrole nitrogens is 1. The van der Waals surface area contributed by atoms with E-state index in [-0.39, 0.29) is 11.8 Å². The van der Waals surface area contributed by atoms with Crippen molar-refractivity contribution in [2.24, 2.45) is 0 Å². The van der Waals surface area contributed by atoms with Gasteiger partial charge in [-0.2, -0.15) is 0 Å². The maximum absolute atomic E-state index is 12.9. The summed E-state index contributed by atoms with van der Waals surface area (Å²) in [7, 11) is 3.47. The van der Waals surface area contributed by atoms with Gasteiger partial charge in [0.1, 0.15) is 11.7 Å². The van der Waals surface area contributed by atoms with Crippen LogP contribution in [0.4, 0.5) is 0 Å². The molecule has 5 nitrogen and oxygen atoms in total. The van der Waals surface area contributed by atoms with Gasteiger partial charge < -0.3 is 14.8 Å². The van der Waals surface area contributed by atoms with Crippen LogP contribution >= 0.6 is 11.6 Å². The summed E-state index contributed by atoms with van der Waals surface area (Å²) in [6.45, 7) is 2.72. The Bertz CT molecular complexity index is 799. The van der Waals surface area contributed by atoms with E-state index in [1.165, 1.54) is 4.90 Å². The van der Waals surface area contributed by atoms with Gasteiger partial charge in [0.25, 0.3) is 5.91 Å². The quantitative estimate of drug-likeness (QED) is 0.906. The Labute approximate surface area is 146 Å². The number of benzene rings is 1. The molecule has 2 amide bonds. The highest BCUT2D eigenvalue weighted by atomic mass is 35.5. The third-order valence-corrected chi connectivity index (χ3v) is 5.17. The van der Waals surface area contributed by atoms with Crippen molar-refractivity contribution < 1.29 is 9.59 Å². The van der Waals surface area contributed by atoms with Crippen LogP contribution < -0.4 is 0 Å². The van der Waals surface area contributed by atoms with Crippen LogP contribution in [0, 0.1) is 6.92 Å². The minimum Gasteiger partial charge on any atom is -0.349 e. The number of halogens is 1. The van der Waals surface area contributed by atoms with E-state index in [1.54, 1.807) is 19.0 Å². The highest BCUT2D eigenvalue weighted by molar-refractivity contribution is 6.38. The maximum Gasteiger partial charge on any atom is 0.272 e. The van der Waals surface area contributed by atoms with Crippen LogP contribution in [0.5, 0.6) is 0 Å². The third-order valence-electron chi connectivity index (χ3n) is 4.77. The molecule has 24 heavy (non-hydrogen) atoms. The Morgan fingerprint density at radius 2 is 2.12 bits per heavy atom. The van der Waals surface area contributed by atoms with E-state index in [4.69, 9.17) is 11.6 Å². The first-order valence-electron chi connectivity index (χ1n) is 8.20. The average Bonchev–Trinajstić information content (AvgIpc) is 2.79. The first kappa shape index (κ1) is 16.8. The lowest BCUT2D eigenvalue weighted by Crippen LogP contribution is -2.47. The van der Waals surface area contributed by atoms with Crippen molar-refractivity contribution in [1.82, 2.24) is 14.8 Å². The monoisotopic (exact) mass is 347 g/mol. The summed E-state index contributed by atoms with van der Waals surface area (Å²) in [6, 6.07) is 5.40. The Hall–Kier alpha value is -2.01. The topological polar surface area (TPSA) is 56.4 Å². The largest absolute Gasteiger partial charge is 0.349 e. The second kappa shape index (κ2) is 6.48. The first-order chi connectivity index (χ1) is 11.4. The van der Waals surface area contributed by atoms with Gasteiger partial charge >= 0.3 is 0 Å². The Morgan fingerprint density at radius 1 is 1.38 bits per heavy atom. The summed E-state index contributed by atoms with van der Waals surface area (Å²) < 4.78 is 0. The fraction of sp³-hybridized carbons (Fsp3) is 0.444. The van der Waals surface area contributed by atoms with Crippen molar-refractivity contribution >= 4 is 34.3 Å². The van der Waals surface area contributed by atoms with Gasteiger partial charge in [0.05, 0.1) is 5.02 Å². The fourth-order valence-corrected chi connectivity index (χ4v) is 3.56. The number of carbonyl (C=O) groups is 2. The van der Waals surface area contributed by atoms with Gasteiger partial charge in [-0.15, -0.1) is 0 Å². The van der Waals surface area contributed by atoms with Gasteiger partial charge in [-0.3, -0.25) is 9.59 Å². The molecule has 1 aromatic heterocycles. The van der Waals surface area contributed by atoms with Gasteiger partial charge in [0, 0.05) is 31.5 Å². The molecule has 3 rings (SSSR count). The molecular weight excluding hydrogens is 326 g/mol. The fourth-order valence-electron chi connectivity index (χ4n) is 3.27. The summed E-state index contributed by atoms with van der Waals surface area (Å²) in [5.74, 6) is -0.256. The second-order valence-corrected chi connectivity index (χ2v) is 6.93. The standard InChI is InChI=1S/C18H22ClN3O2/c1-11-7-8-13-12(10-11)15(19)16(20-13)18(24)22(3)14-6-4-5-9-21(2)17(14)23/h7-8,10,14,20H,4-6,9H2,1-3H3. The maximum atomic E-state index is 12.9. The number of aromatic nitrogens is 1. The van der Waals surface area contributed by atoms with Crippen LogP contribution in [0.3, 0.4) is 0 Å². The molecule has 2 heterocycles. The summed E-state index contributed by atoms with van der Waals surface area (Å²) >= 11 is 6.43. The predicted octanol–water partition coefficient (Wildman–Crippen LogP) is 3.21. The van der Waals surface area contributed by atoms with Crippen molar-refractivity contribution in [1.29, 1.82) is 0 Å². The van der Waals surface area contributed by atoms with E-state index < -0.39 is 6.04 Å². The van der Waals surface area contributed by atoms with Crippen molar-refractivity contribution in [3.8, 4) is 0 Å². The van der Waals surface area contributed by atoms with Crippen LogP contribution in [0.15, 0.2) is 18.2 Å². The minimum absolute atomic E-state index is 0.00794. The Morgan fingerprint density at radius 3 is 2.88 bits per heavy atom. The SMILES string of the molecule is Cc1ccc2[nH]c(C(=O)N(C)C3CCCCN(C)C3=O)c(Cl)c2c1. The van der Waals surface area contributed by atoms with Crippen molar-refractivity contribution in [3.63, 3.8) is 0 Å². The van der Waals surface area contributed by atoms with E-state index in [0.717, 1.165) is 35.9 Å². The molecule has 1 unspecified atom stereocenters. The Kier molecular flexibility index (Phi) is 4.54. The van der Waals surface area contributed by atoms with E-state index >= 15 is 0 Å². The molecule has 1 N–H and O–H groups in total. The number of aryl methyl sites for hydroxylation is 1. The highest BCUT2D eigenvalue weighted by Gasteiger charge is 2.32. The van der Waals surface area contributed by atoms with E-state index in [0.29, 0.717) is 17.1 Å². The molecule has 0 spiro atoms. The average molecular weight is 348 g/mol. The van der Waals surface area contributed by atoms with Gasteiger partial charge in [-0.25, -0.2) is 0 Å². The molecule has 1 fully saturated rings. The molecule has 1 atom stereocenters. The number of rotatable bonds is 2. The van der Waals surface area contributed by atoms with Gasteiger partial charge in [0.15, 0.2) is 0 Å². The lowest BCUT2D eigenvalue weighted by Gasteiger charge is -2.28. The number of hydrogen-bond donors (Lipinski definition) is 1. The summed E-state index contributed by atoms with van der Waals surface area (Å²) in [5, 5.41) is 1.25. The number of carbonyl (C=O) groups excluding carboxylic acids is 2. The van der Waals surface area contributed by atoms with E-state index in [2.05, 4.69) is 4.98 Å². The van der Waals surface area contributed by atoms with Crippen molar-refractivity contribution in [3.05, 3.63) is 34.5 Å². The molecule has 128 valence electrons. The van der Waals surface area contributed by atoms with E-state index in [1.807, 2.05) is 25.1 Å². The number of aromatic amines is 1. The van der Waals surface area contributed by atoms with E-state index in [9.17, 15) is 9.59 Å². The molecule has 0 radical (unpaired) electrons. The summed E-state index contributed by atoms with van der Waals surface area (Å²) in [4.78, 5) is 31.8. The predicted molar refractivity (Wildman–Crippen MR) is 95.4 cm³/mol. The third kappa shape index (κ3) is 2.88. The molecule has 1 aromatic carbocycles. The van der Waals surface area contributed by atoms with Crippen LogP contribution in [-0.2, 0) is 4.79 Å². The second-order valence-electron chi connectivity index (χ2n) is 6.55. The number of hydrogen-bond acceptors (Lipinski definition) is 2. The number of nitrogens with one attached hydrogen (secondary N) is 1. The molecule has 1 aliphatic rings. The molecule has 0 bridgehead atoms. The number of amides is 2. The van der Waals surface area contributed by atoms with Crippen molar-refractivity contribution in [2.45, 2.75) is 32.2 Å². The number of likely N-dealkylation sites (tertiary alicyclic amines) is 1. The normalized spacial score (nSPS) is 18.8. The zero-order chi connectivity index (χ0) is 17.4. The molecule has 6 heteroatoms. The minimum atomic E-state index is -0.436. The first-order valence-corrected chi connectivity index (χ1v) is 8.58. The van der Waals surface area contributed by atoms with Crippen LogP contribution in [0.2, 0.25) is 5.02 Å². The zero-order valence-corrected chi connectivity index (χ0v) is 15.0. The van der Waals surface area contributed by atoms with Gasteiger partial charge in [-0.05, 0) is 38.3 Å². The molecule has 1 saturated heterocycles. The summed E-state index contributed by atoms with van der Waals surface area (Å²) in [6.07, 6.45) is 2.58. The molecule has 2 aromatic rings. The van der Waals surface area contributed by atoms with Crippen molar-refractivity contribution in [2.75, 3.05) is 20.6 Å². The highest BCUT2D eigenvalue weighted by Crippen LogP contribution is 2.29. The van der Waals surface area contributed by atoms with Crippen LogP contribution in [-0.4, -0.2) is 53.3 Å². The molecule has 0 aliphatic carbocycles. The van der Waals surface area contributed by atoms with Crippen LogP contribution in [0.1, 0.15) is 35.3 Å². The zero-order valence-electron chi connectivity index (χ0n) is 14.2. The lowest BCUT2D eigenvalue weighted by atomic mass is 10.1. The van der Waals surface area contributed by atoms with Gasteiger partial charge in [-0.1, -0.05) is 23.2 Å².